The Labute approximate surface area is 157 Å². The molecular weight excluding hydrogens is 344 g/mol. The fourth-order valence-corrected chi connectivity index (χ4v) is 3.83. The van der Waals surface area contributed by atoms with Gasteiger partial charge in [-0.3, -0.25) is 14.2 Å². The van der Waals surface area contributed by atoms with E-state index in [1.165, 1.54) is 11.8 Å². The molecule has 0 aliphatic carbocycles. The number of aryl methyl sites for hydroxylation is 1. The third-order valence-electron chi connectivity index (χ3n) is 4.26. The Hall–Kier alpha value is -2.40. The van der Waals surface area contributed by atoms with E-state index in [-0.39, 0.29) is 16.6 Å². The van der Waals surface area contributed by atoms with Crippen LogP contribution in [0.5, 0.6) is 0 Å². The molecule has 0 aliphatic heterocycles. The fourth-order valence-electron chi connectivity index (χ4n) is 2.82. The van der Waals surface area contributed by atoms with Crippen LogP contribution in [0.4, 0.5) is 0 Å². The molecule has 2 aromatic carbocycles. The van der Waals surface area contributed by atoms with Crippen molar-refractivity contribution in [2.45, 2.75) is 44.1 Å². The van der Waals surface area contributed by atoms with Crippen LogP contribution in [0.15, 0.2) is 58.5 Å². The van der Waals surface area contributed by atoms with E-state index in [9.17, 15) is 9.59 Å². The summed E-state index contributed by atoms with van der Waals surface area (Å²) < 4.78 is 1.69. The average Bonchev–Trinajstić information content (AvgIpc) is 2.65. The number of rotatable bonds is 6. The van der Waals surface area contributed by atoms with Crippen molar-refractivity contribution < 1.29 is 4.79 Å². The van der Waals surface area contributed by atoms with Gasteiger partial charge < -0.3 is 0 Å². The zero-order valence-corrected chi connectivity index (χ0v) is 16.0. The maximum absolute atomic E-state index is 12.8. The third kappa shape index (κ3) is 3.73. The van der Waals surface area contributed by atoms with E-state index in [4.69, 9.17) is 0 Å². The number of nitrogens with zero attached hydrogens (tertiary/aromatic N) is 2. The molecule has 3 rings (SSSR count). The molecule has 4 nitrogen and oxygen atoms in total. The van der Waals surface area contributed by atoms with Crippen molar-refractivity contribution in [2.24, 2.45) is 0 Å². The average molecular weight is 366 g/mol. The number of hydrogen-bond acceptors (Lipinski definition) is 4. The Balaban J connectivity index is 1.96. The summed E-state index contributed by atoms with van der Waals surface area (Å²) in [6.07, 6.45) is 0.827. The number of benzene rings is 2. The highest BCUT2D eigenvalue weighted by molar-refractivity contribution is 8.00. The van der Waals surface area contributed by atoms with Gasteiger partial charge in [0.1, 0.15) is 0 Å². The minimum atomic E-state index is -0.325. The molecule has 0 aliphatic rings. The summed E-state index contributed by atoms with van der Waals surface area (Å²) in [5.74, 6) is 0.0421. The summed E-state index contributed by atoms with van der Waals surface area (Å²) in [6.45, 7) is 6.47. The maximum atomic E-state index is 12.8. The molecule has 1 aromatic heterocycles. The second-order valence-electron chi connectivity index (χ2n) is 6.36. The number of fused-ring (bicyclic) bond motifs is 1. The van der Waals surface area contributed by atoms with E-state index in [2.05, 4.69) is 4.98 Å². The third-order valence-corrected chi connectivity index (χ3v) is 5.35. The minimum absolute atomic E-state index is 0.0421. The zero-order valence-electron chi connectivity index (χ0n) is 15.2. The van der Waals surface area contributed by atoms with Gasteiger partial charge in [0.25, 0.3) is 5.56 Å². The number of hydrogen-bond donors (Lipinski definition) is 0. The van der Waals surface area contributed by atoms with Gasteiger partial charge in [0, 0.05) is 12.1 Å². The molecule has 0 N–H and O–H groups in total. The van der Waals surface area contributed by atoms with Crippen molar-refractivity contribution >= 4 is 28.4 Å². The van der Waals surface area contributed by atoms with E-state index < -0.39 is 0 Å². The lowest BCUT2D eigenvalue weighted by Crippen LogP contribution is -2.25. The van der Waals surface area contributed by atoms with Crippen LogP contribution in [0, 0.1) is 6.92 Å². The maximum Gasteiger partial charge on any atom is 0.262 e. The lowest BCUT2D eigenvalue weighted by Gasteiger charge is -2.15. The first-order chi connectivity index (χ1) is 12.5. The summed E-state index contributed by atoms with van der Waals surface area (Å²) in [4.78, 5) is 30.2. The number of para-hydroxylation sites is 1. The van der Waals surface area contributed by atoms with Crippen molar-refractivity contribution in [3.63, 3.8) is 0 Å². The molecule has 0 amide bonds. The molecular formula is C21H22N2O2S. The normalized spacial score (nSPS) is 12.3. The summed E-state index contributed by atoms with van der Waals surface area (Å²) in [7, 11) is 0. The number of carbonyl (C=O) groups excluding carboxylic acids is 1. The predicted octanol–water partition coefficient (Wildman–Crippen LogP) is 4.48. The first-order valence-electron chi connectivity index (χ1n) is 8.78. The molecule has 0 saturated carbocycles. The summed E-state index contributed by atoms with van der Waals surface area (Å²) in [5, 5.41) is 0.889. The van der Waals surface area contributed by atoms with Gasteiger partial charge in [-0.2, -0.15) is 0 Å². The Morgan fingerprint density at radius 1 is 1.15 bits per heavy atom. The van der Waals surface area contributed by atoms with Crippen LogP contribution >= 0.6 is 11.8 Å². The van der Waals surface area contributed by atoms with Gasteiger partial charge in [0.15, 0.2) is 10.9 Å². The molecule has 5 heteroatoms. The summed E-state index contributed by atoms with van der Waals surface area (Å²) >= 11 is 1.35. The second-order valence-corrected chi connectivity index (χ2v) is 7.67. The van der Waals surface area contributed by atoms with Crippen molar-refractivity contribution in [3.8, 4) is 0 Å². The van der Waals surface area contributed by atoms with Crippen LogP contribution in [0.25, 0.3) is 10.9 Å². The first-order valence-corrected chi connectivity index (χ1v) is 9.66. The Morgan fingerprint density at radius 3 is 2.54 bits per heavy atom. The van der Waals surface area contributed by atoms with Gasteiger partial charge in [-0.05, 0) is 32.4 Å². The van der Waals surface area contributed by atoms with E-state index in [1.54, 1.807) is 10.6 Å². The van der Waals surface area contributed by atoms with Gasteiger partial charge >= 0.3 is 0 Å². The molecule has 26 heavy (non-hydrogen) atoms. The van der Waals surface area contributed by atoms with Gasteiger partial charge in [-0.1, -0.05) is 60.6 Å². The smallest absolute Gasteiger partial charge is 0.262 e. The first kappa shape index (κ1) is 18.4. The highest BCUT2D eigenvalue weighted by atomic mass is 32.2. The van der Waals surface area contributed by atoms with Gasteiger partial charge in [0.05, 0.1) is 16.2 Å². The molecule has 1 atom stereocenters. The van der Waals surface area contributed by atoms with Crippen LogP contribution in [0.1, 0.15) is 36.2 Å². The Bertz CT molecular complexity index is 993. The number of Topliss-reactive ketones (excluding diaryl/α,β-unsaturated/α-hetero) is 1. The second kappa shape index (κ2) is 7.87. The fraction of sp³-hybridized carbons (Fsp3) is 0.286. The molecule has 0 unspecified atom stereocenters. The minimum Gasteiger partial charge on any atom is -0.293 e. The van der Waals surface area contributed by atoms with Crippen LogP contribution in [-0.4, -0.2) is 20.6 Å². The van der Waals surface area contributed by atoms with E-state index >= 15 is 0 Å². The summed E-state index contributed by atoms with van der Waals surface area (Å²) in [5.41, 5.74) is 2.42. The molecule has 1 heterocycles. The number of ketones is 1. The topological polar surface area (TPSA) is 52.0 Å². The molecule has 0 bridgehead atoms. The lowest BCUT2D eigenvalue weighted by molar-refractivity contribution is 0.0994. The van der Waals surface area contributed by atoms with Crippen LogP contribution in [-0.2, 0) is 6.54 Å². The lowest BCUT2D eigenvalue weighted by atomic mass is 10.1. The SMILES string of the molecule is CCCn1c(S[C@H](C)C(=O)c2ccc(C)cc2)nc2ccccc2c1=O. The van der Waals surface area contributed by atoms with Crippen molar-refractivity contribution in [3.05, 3.63) is 70.0 Å². The van der Waals surface area contributed by atoms with Gasteiger partial charge in [0.2, 0.25) is 0 Å². The van der Waals surface area contributed by atoms with Crippen molar-refractivity contribution in [2.75, 3.05) is 0 Å². The van der Waals surface area contributed by atoms with Crippen LogP contribution in [0.2, 0.25) is 0 Å². The highest BCUT2D eigenvalue weighted by Gasteiger charge is 2.20. The Kier molecular flexibility index (Phi) is 5.57. The van der Waals surface area contributed by atoms with E-state index in [1.807, 2.05) is 63.2 Å². The quantitative estimate of drug-likeness (QED) is 0.367. The molecule has 0 saturated heterocycles. The van der Waals surface area contributed by atoms with E-state index in [0.29, 0.717) is 28.2 Å². The molecule has 3 aromatic rings. The molecule has 0 radical (unpaired) electrons. The number of aromatic nitrogens is 2. The standard InChI is InChI=1S/C21H22N2O2S/c1-4-13-23-20(25)17-7-5-6-8-18(17)22-21(23)26-15(3)19(24)16-11-9-14(2)10-12-16/h5-12,15H,4,13H2,1-3H3/t15-/m1/s1. The Morgan fingerprint density at radius 2 is 1.85 bits per heavy atom. The van der Waals surface area contributed by atoms with Gasteiger partial charge in [-0.15, -0.1) is 0 Å². The van der Waals surface area contributed by atoms with E-state index in [0.717, 1.165) is 12.0 Å². The molecule has 134 valence electrons. The monoisotopic (exact) mass is 366 g/mol. The largest absolute Gasteiger partial charge is 0.293 e. The molecule has 0 fully saturated rings. The van der Waals surface area contributed by atoms with Crippen molar-refractivity contribution in [1.82, 2.24) is 9.55 Å². The predicted molar refractivity (Wildman–Crippen MR) is 107 cm³/mol. The van der Waals surface area contributed by atoms with Gasteiger partial charge in [-0.25, -0.2) is 4.98 Å². The summed E-state index contributed by atoms with van der Waals surface area (Å²) in [6, 6.07) is 14.9. The zero-order chi connectivity index (χ0) is 18.7. The molecule has 0 spiro atoms. The highest BCUT2D eigenvalue weighted by Crippen LogP contribution is 2.25. The number of thioether (sulfide) groups is 1. The number of carbonyl (C=O) groups is 1. The van der Waals surface area contributed by atoms with Crippen LogP contribution < -0.4 is 5.56 Å². The van der Waals surface area contributed by atoms with Crippen molar-refractivity contribution in [1.29, 1.82) is 0 Å². The van der Waals surface area contributed by atoms with Crippen LogP contribution in [0.3, 0.4) is 0 Å².